The molecule has 2 N–H and O–H groups in total. The van der Waals surface area contributed by atoms with Gasteiger partial charge in [0, 0.05) is 24.6 Å². The van der Waals surface area contributed by atoms with Crippen molar-refractivity contribution in [3.05, 3.63) is 11.1 Å². The van der Waals surface area contributed by atoms with E-state index in [1.807, 2.05) is 0 Å². The van der Waals surface area contributed by atoms with E-state index < -0.39 is 10.0 Å². The Hall–Kier alpha value is -0.600. The van der Waals surface area contributed by atoms with Gasteiger partial charge in [0.25, 0.3) is 0 Å². The van der Waals surface area contributed by atoms with Gasteiger partial charge < -0.3 is 10.6 Å². The van der Waals surface area contributed by atoms with E-state index in [9.17, 15) is 13.2 Å². The Labute approximate surface area is 117 Å². The molecule has 0 unspecified atom stereocenters. The lowest BCUT2D eigenvalue weighted by Crippen LogP contribution is -2.38. The summed E-state index contributed by atoms with van der Waals surface area (Å²) in [7, 11) is -1.60. The maximum absolute atomic E-state index is 11.4. The van der Waals surface area contributed by atoms with Crippen LogP contribution in [0.15, 0.2) is 11.1 Å². The molecule has 106 valence electrons. The van der Waals surface area contributed by atoms with E-state index in [1.165, 1.54) is 11.4 Å². The highest BCUT2D eigenvalue weighted by molar-refractivity contribution is 9.11. The fraction of sp³-hybridized carbons (Fsp3) is 0.700. The number of carbonyl (C=O) groups is 1. The summed E-state index contributed by atoms with van der Waals surface area (Å²) in [6, 6.07) is -0.295. The van der Waals surface area contributed by atoms with Crippen molar-refractivity contribution < 1.29 is 13.2 Å². The van der Waals surface area contributed by atoms with Gasteiger partial charge >= 0.3 is 6.03 Å². The number of nitrogens with zero attached hydrogens (tertiary/aromatic N) is 1. The summed E-state index contributed by atoms with van der Waals surface area (Å²) in [6.07, 6.45) is 0.568. The van der Waals surface area contributed by atoms with E-state index in [0.29, 0.717) is 30.5 Å². The van der Waals surface area contributed by atoms with Gasteiger partial charge in [0.05, 0.1) is 12.3 Å². The minimum atomic E-state index is -3.13. The van der Waals surface area contributed by atoms with Crippen molar-refractivity contribution in [2.24, 2.45) is 0 Å². The van der Waals surface area contributed by atoms with Crippen molar-refractivity contribution in [3.8, 4) is 0 Å². The molecule has 18 heavy (non-hydrogen) atoms. The maximum Gasteiger partial charge on any atom is 0.315 e. The Morgan fingerprint density at radius 3 is 2.50 bits per heavy atom. The molecule has 0 atom stereocenters. The summed E-state index contributed by atoms with van der Waals surface area (Å²) in [4.78, 5) is 11.2. The average Bonchev–Trinajstić information content (AvgIpc) is 2.31. The van der Waals surface area contributed by atoms with Crippen LogP contribution in [-0.4, -0.2) is 51.2 Å². The number of hydrogen-bond donors (Lipinski definition) is 2. The van der Waals surface area contributed by atoms with Crippen molar-refractivity contribution in [3.63, 3.8) is 0 Å². The predicted octanol–water partition coefficient (Wildman–Crippen LogP) is 0.866. The molecule has 0 saturated carbocycles. The van der Waals surface area contributed by atoms with Crippen LogP contribution in [0.1, 0.15) is 13.3 Å². The van der Waals surface area contributed by atoms with Crippen LogP contribution in [0, 0.1) is 0 Å². The number of hydrogen-bond acceptors (Lipinski definition) is 3. The Balaban J connectivity index is 3.74. The van der Waals surface area contributed by atoms with Crippen LogP contribution in [0.4, 0.5) is 4.79 Å². The third-order valence-electron chi connectivity index (χ3n) is 2.22. The molecule has 8 heteroatoms. The predicted molar refractivity (Wildman–Crippen MR) is 76.2 cm³/mol. The number of nitrogens with one attached hydrogen (secondary N) is 2. The van der Waals surface area contributed by atoms with Gasteiger partial charge in [0.1, 0.15) is 0 Å². The molecule has 0 aromatic heterocycles. The molecule has 6 nitrogen and oxygen atoms in total. The summed E-state index contributed by atoms with van der Waals surface area (Å²) in [5, 5.41) is 5.21. The normalized spacial score (nSPS) is 11.3. The molecule has 0 fully saturated rings. The fourth-order valence-electron chi connectivity index (χ4n) is 1.10. The van der Waals surface area contributed by atoms with Gasteiger partial charge in [-0.3, -0.25) is 0 Å². The lowest BCUT2D eigenvalue weighted by atomic mass is 10.4. The second-order valence-electron chi connectivity index (χ2n) is 3.70. The highest BCUT2D eigenvalue weighted by Gasteiger charge is 2.13. The molecule has 0 bridgehead atoms. The van der Waals surface area contributed by atoms with Crippen LogP contribution in [0.2, 0.25) is 0 Å². The van der Waals surface area contributed by atoms with Gasteiger partial charge in [0.15, 0.2) is 0 Å². The third kappa shape index (κ3) is 7.67. The Morgan fingerprint density at radius 2 is 2.00 bits per heavy atom. The first kappa shape index (κ1) is 17.4. The first-order chi connectivity index (χ1) is 8.29. The zero-order valence-electron chi connectivity index (χ0n) is 10.7. The molecule has 0 rings (SSSR count). The maximum atomic E-state index is 11.4. The second kappa shape index (κ2) is 8.49. The Bertz CT molecular complexity index is 384. The van der Waals surface area contributed by atoms with E-state index in [0.717, 1.165) is 0 Å². The first-order valence-electron chi connectivity index (χ1n) is 5.58. The quantitative estimate of drug-likeness (QED) is 0.643. The lowest BCUT2D eigenvalue weighted by Gasteiger charge is -2.15. The summed E-state index contributed by atoms with van der Waals surface area (Å²) in [6.45, 7) is 6.35. The monoisotopic (exact) mass is 341 g/mol. The third-order valence-corrected chi connectivity index (χ3v) is 4.36. The number of halogens is 1. The summed E-state index contributed by atoms with van der Waals surface area (Å²) < 4.78 is 24.8. The number of amides is 2. The fourth-order valence-corrected chi connectivity index (χ4v) is 2.09. The molecule has 0 aromatic carbocycles. The summed E-state index contributed by atoms with van der Waals surface area (Å²) in [5.74, 6) is 0.0881. The lowest BCUT2D eigenvalue weighted by molar-refractivity contribution is 0.241. The first-order valence-corrected chi connectivity index (χ1v) is 7.98. The zero-order valence-corrected chi connectivity index (χ0v) is 13.1. The van der Waals surface area contributed by atoms with Crippen LogP contribution >= 0.6 is 15.9 Å². The van der Waals surface area contributed by atoms with Crippen LogP contribution in [0.5, 0.6) is 0 Å². The standard InChI is InChI=1S/C10H20BrN3O3S/c1-4-18(16,17)14(3)7-5-6-12-10(15)13-8-9(2)11/h2,4-8H2,1,3H3,(H2,12,13,15). The molecule has 0 aromatic rings. The Kier molecular flexibility index (Phi) is 8.21. The van der Waals surface area contributed by atoms with Crippen LogP contribution in [0.3, 0.4) is 0 Å². The van der Waals surface area contributed by atoms with Gasteiger partial charge in [-0.2, -0.15) is 0 Å². The van der Waals surface area contributed by atoms with E-state index in [2.05, 4.69) is 33.1 Å². The smallest absolute Gasteiger partial charge is 0.315 e. The van der Waals surface area contributed by atoms with Gasteiger partial charge in [-0.1, -0.05) is 22.5 Å². The van der Waals surface area contributed by atoms with Crippen molar-refractivity contribution in [1.29, 1.82) is 0 Å². The van der Waals surface area contributed by atoms with E-state index in [1.54, 1.807) is 6.92 Å². The van der Waals surface area contributed by atoms with Crippen LogP contribution in [0.25, 0.3) is 0 Å². The highest BCUT2D eigenvalue weighted by Crippen LogP contribution is 1.98. The molecule has 0 aliphatic carbocycles. The molecule has 0 heterocycles. The summed E-state index contributed by atoms with van der Waals surface area (Å²) in [5.41, 5.74) is 0. The van der Waals surface area contributed by atoms with Crippen molar-refractivity contribution in [1.82, 2.24) is 14.9 Å². The van der Waals surface area contributed by atoms with E-state index >= 15 is 0 Å². The number of carbonyl (C=O) groups excluding carboxylic acids is 1. The topological polar surface area (TPSA) is 78.5 Å². The minimum absolute atomic E-state index is 0.0881. The van der Waals surface area contributed by atoms with E-state index in [-0.39, 0.29) is 11.8 Å². The van der Waals surface area contributed by atoms with Crippen LogP contribution < -0.4 is 10.6 Å². The number of sulfonamides is 1. The molecule has 0 saturated heterocycles. The van der Waals surface area contributed by atoms with E-state index in [4.69, 9.17) is 0 Å². The van der Waals surface area contributed by atoms with Crippen LogP contribution in [-0.2, 0) is 10.0 Å². The number of urea groups is 1. The SMILES string of the molecule is C=C(Br)CNC(=O)NCCCN(C)S(=O)(=O)CC. The van der Waals surface area contributed by atoms with Crippen molar-refractivity contribution in [2.75, 3.05) is 32.4 Å². The molecule has 0 aliphatic heterocycles. The zero-order chi connectivity index (χ0) is 14.2. The molecule has 0 spiro atoms. The number of rotatable bonds is 8. The molecule has 2 amide bonds. The van der Waals surface area contributed by atoms with Crippen molar-refractivity contribution >= 4 is 32.0 Å². The Morgan fingerprint density at radius 1 is 1.39 bits per heavy atom. The van der Waals surface area contributed by atoms with Gasteiger partial charge in [0.2, 0.25) is 10.0 Å². The minimum Gasteiger partial charge on any atom is -0.338 e. The van der Waals surface area contributed by atoms with Crippen molar-refractivity contribution in [2.45, 2.75) is 13.3 Å². The van der Waals surface area contributed by atoms with Gasteiger partial charge in [-0.05, 0) is 13.3 Å². The molecular formula is C10H20BrN3O3S. The van der Waals surface area contributed by atoms with Gasteiger partial charge in [-0.25, -0.2) is 17.5 Å². The summed E-state index contributed by atoms with van der Waals surface area (Å²) >= 11 is 3.12. The molecular weight excluding hydrogens is 322 g/mol. The molecule has 0 aliphatic rings. The largest absolute Gasteiger partial charge is 0.338 e. The highest BCUT2D eigenvalue weighted by atomic mass is 79.9. The second-order valence-corrected chi connectivity index (χ2v) is 7.19. The van der Waals surface area contributed by atoms with Gasteiger partial charge in [-0.15, -0.1) is 0 Å². The molecule has 0 radical (unpaired) electrons. The average molecular weight is 342 g/mol.